The molecule has 3 unspecified atom stereocenters. The molecule has 120 valence electrons. The Hall–Kier alpha value is -0.120. The average Bonchev–Trinajstić information content (AvgIpc) is 2.82. The Bertz CT molecular complexity index is 356. The molecular weight excluding hydrogens is 260 g/mol. The van der Waals surface area contributed by atoms with Gasteiger partial charge in [0, 0.05) is 30.8 Å². The first-order valence-electron chi connectivity index (χ1n) is 9.44. The number of hydrogen-bond donors (Lipinski definition) is 1. The molecule has 4 fully saturated rings. The van der Waals surface area contributed by atoms with E-state index in [1.54, 1.807) is 0 Å². The maximum absolute atomic E-state index is 6.16. The van der Waals surface area contributed by atoms with Crippen molar-refractivity contribution in [2.24, 2.45) is 0 Å². The van der Waals surface area contributed by atoms with Crippen molar-refractivity contribution in [3.05, 3.63) is 0 Å². The van der Waals surface area contributed by atoms with E-state index in [2.05, 4.69) is 17.1 Å². The van der Waals surface area contributed by atoms with Gasteiger partial charge in [-0.2, -0.15) is 0 Å². The van der Waals surface area contributed by atoms with Gasteiger partial charge in [0.05, 0.1) is 5.60 Å². The van der Waals surface area contributed by atoms with Gasteiger partial charge in [0.1, 0.15) is 0 Å². The fraction of sp³-hybridized carbons (Fsp3) is 1.00. The monoisotopic (exact) mass is 292 g/mol. The largest absolute Gasteiger partial charge is 0.375 e. The van der Waals surface area contributed by atoms with Crippen LogP contribution in [0, 0.1) is 0 Å². The Labute approximate surface area is 129 Å². The van der Waals surface area contributed by atoms with E-state index in [1.807, 2.05) is 0 Å². The highest BCUT2D eigenvalue weighted by molar-refractivity contribution is 5.01. The summed E-state index contributed by atoms with van der Waals surface area (Å²) >= 11 is 0. The van der Waals surface area contributed by atoms with Gasteiger partial charge in [0.15, 0.2) is 0 Å². The van der Waals surface area contributed by atoms with Gasteiger partial charge < -0.3 is 10.1 Å². The second-order valence-electron chi connectivity index (χ2n) is 8.03. The van der Waals surface area contributed by atoms with Crippen LogP contribution in [0.2, 0.25) is 0 Å². The zero-order chi connectivity index (χ0) is 14.3. The fourth-order valence-corrected chi connectivity index (χ4v) is 5.42. The van der Waals surface area contributed by atoms with Gasteiger partial charge in [-0.05, 0) is 70.8 Å². The fourth-order valence-electron chi connectivity index (χ4n) is 5.42. The minimum Gasteiger partial charge on any atom is -0.375 e. The zero-order valence-corrected chi connectivity index (χ0v) is 13.7. The molecule has 0 amide bonds. The van der Waals surface area contributed by atoms with Gasteiger partial charge in [-0.3, -0.25) is 4.90 Å². The van der Waals surface area contributed by atoms with E-state index in [1.165, 1.54) is 70.8 Å². The lowest BCUT2D eigenvalue weighted by atomic mass is 9.73. The third kappa shape index (κ3) is 2.77. The van der Waals surface area contributed by atoms with Crippen LogP contribution < -0.4 is 5.32 Å². The van der Waals surface area contributed by atoms with Crippen LogP contribution in [0.4, 0.5) is 0 Å². The molecule has 4 rings (SSSR count). The molecule has 3 saturated heterocycles. The summed E-state index contributed by atoms with van der Waals surface area (Å²) < 4.78 is 6.16. The molecule has 0 aromatic carbocycles. The van der Waals surface area contributed by atoms with E-state index in [4.69, 9.17) is 4.74 Å². The summed E-state index contributed by atoms with van der Waals surface area (Å²) in [7, 11) is 0. The second-order valence-corrected chi connectivity index (χ2v) is 8.03. The molecule has 3 aliphatic heterocycles. The zero-order valence-electron chi connectivity index (χ0n) is 13.7. The first kappa shape index (κ1) is 14.5. The van der Waals surface area contributed by atoms with Crippen LogP contribution in [0.15, 0.2) is 0 Å². The van der Waals surface area contributed by atoms with E-state index >= 15 is 0 Å². The Balaban J connectivity index is 1.45. The third-order valence-corrected chi connectivity index (χ3v) is 6.60. The van der Waals surface area contributed by atoms with E-state index in [9.17, 15) is 0 Å². The van der Waals surface area contributed by atoms with Crippen LogP contribution in [0.3, 0.4) is 0 Å². The lowest BCUT2D eigenvalue weighted by Crippen LogP contribution is -2.57. The molecule has 4 aliphatic rings. The Morgan fingerprint density at radius 2 is 1.86 bits per heavy atom. The van der Waals surface area contributed by atoms with Crippen molar-refractivity contribution in [2.75, 3.05) is 13.2 Å². The molecule has 0 aromatic heterocycles. The smallest absolute Gasteiger partial charge is 0.0697 e. The molecule has 2 bridgehead atoms. The topological polar surface area (TPSA) is 24.5 Å². The van der Waals surface area contributed by atoms with E-state index in [0.717, 1.165) is 30.8 Å². The van der Waals surface area contributed by atoms with Crippen LogP contribution >= 0.6 is 0 Å². The average molecular weight is 292 g/mol. The number of rotatable bonds is 4. The van der Waals surface area contributed by atoms with Crippen LogP contribution in [-0.2, 0) is 4.74 Å². The first-order chi connectivity index (χ1) is 10.3. The number of nitrogens with zero attached hydrogens (tertiary/aromatic N) is 1. The van der Waals surface area contributed by atoms with E-state index < -0.39 is 0 Å². The lowest BCUT2D eigenvalue weighted by molar-refractivity contribution is -0.153. The lowest BCUT2D eigenvalue weighted by Gasteiger charge is -2.51. The molecule has 3 nitrogen and oxygen atoms in total. The molecule has 3 heteroatoms. The van der Waals surface area contributed by atoms with Gasteiger partial charge in [0.2, 0.25) is 0 Å². The van der Waals surface area contributed by atoms with Crippen molar-refractivity contribution in [2.45, 2.75) is 101 Å². The molecule has 0 radical (unpaired) electrons. The van der Waals surface area contributed by atoms with Gasteiger partial charge in [-0.25, -0.2) is 0 Å². The van der Waals surface area contributed by atoms with Crippen LogP contribution in [0.5, 0.6) is 0 Å². The normalized spacial score (nSPS) is 41.4. The second kappa shape index (κ2) is 5.82. The summed E-state index contributed by atoms with van der Waals surface area (Å²) in [6.45, 7) is 4.65. The molecule has 21 heavy (non-hydrogen) atoms. The summed E-state index contributed by atoms with van der Waals surface area (Å²) in [5, 5.41) is 3.81. The quantitative estimate of drug-likeness (QED) is 0.862. The van der Waals surface area contributed by atoms with Crippen LogP contribution in [0.1, 0.15) is 71.1 Å². The number of piperidine rings is 1. The summed E-state index contributed by atoms with van der Waals surface area (Å²) in [5.74, 6) is 0. The minimum atomic E-state index is 0.292. The Morgan fingerprint density at radius 1 is 1.10 bits per heavy atom. The molecule has 0 aromatic rings. The van der Waals surface area contributed by atoms with Crippen molar-refractivity contribution in [1.29, 1.82) is 0 Å². The Kier molecular flexibility index (Phi) is 4.01. The molecule has 1 N–H and O–H groups in total. The van der Waals surface area contributed by atoms with Crippen LogP contribution in [-0.4, -0.2) is 47.8 Å². The summed E-state index contributed by atoms with van der Waals surface area (Å²) in [6.07, 6.45) is 13.5. The summed E-state index contributed by atoms with van der Waals surface area (Å²) in [4.78, 5) is 2.91. The molecular formula is C18H32N2O. The maximum atomic E-state index is 6.16. The molecule has 1 saturated carbocycles. The van der Waals surface area contributed by atoms with Crippen molar-refractivity contribution in [3.63, 3.8) is 0 Å². The van der Waals surface area contributed by atoms with Gasteiger partial charge in [0.25, 0.3) is 0 Å². The molecule has 3 atom stereocenters. The van der Waals surface area contributed by atoms with Crippen molar-refractivity contribution < 1.29 is 4.74 Å². The van der Waals surface area contributed by atoms with E-state index in [-0.39, 0.29) is 0 Å². The van der Waals surface area contributed by atoms with Crippen LogP contribution in [0.25, 0.3) is 0 Å². The van der Waals surface area contributed by atoms with Gasteiger partial charge in [-0.15, -0.1) is 0 Å². The maximum Gasteiger partial charge on any atom is 0.0697 e. The number of nitrogens with one attached hydrogen (secondary N) is 1. The number of fused-ring (bicyclic) bond motifs is 2. The standard InChI is InChI=1S/C18H32N2O/c1-2-9-20(17-11-14-4-5-15(12-17)19-14)16-6-10-21-18(13-16)7-3-8-18/h14-17,19H,2-13H2,1H3. The third-order valence-electron chi connectivity index (χ3n) is 6.60. The number of hydrogen-bond acceptors (Lipinski definition) is 3. The Morgan fingerprint density at radius 3 is 2.48 bits per heavy atom. The predicted octanol–water partition coefficient (Wildman–Crippen LogP) is 3.08. The molecule has 3 heterocycles. The van der Waals surface area contributed by atoms with Gasteiger partial charge >= 0.3 is 0 Å². The SMILES string of the molecule is CCCN(C1CC2CCC(C1)N2)C1CCOC2(CCC2)C1. The first-order valence-corrected chi connectivity index (χ1v) is 9.44. The van der Waals surface area contributed by atoms with Crippen molar-refractivity contribution in [1.82, 2.24) is 10.2 Å². The number of ether oxygens (including phenoxy) is 1. The van der Waals surface area contributed by atoms with Crippen molar-refractivity contribution in [3.8, 4) is 0 Å². The van der Waals surface area contributed by atoms with E-state index in [0.29, 0.717) is 5.60 Å². The predicted molar refractivity (Wildman–Crippen MR) is 85.5 cm³/mol. The highest BCUT2D eigenvalue weighted by Gasteiger charge is 2.46. The molecule has 1 spiro atoms. The highest BCUT2D eigenvalue weighted by Crippen LogP contribution is 2.44. The van der Waals surface area contributed by atoms with Crippen molar-refractivity contribution >= 4 is 0 Å². The molecule has 1 aliphatic carbocycles. The summed E-state index contributed by atoms with van der Waals surface area (Å²) in [6, 6.07) is 3.25. The summed E-state index contributed by atoms with van der Waals surface area (Å²) in [5.41, 5.74) is 0.292. The minimum absolute atomic E-state index is 0.292. The highest BCUT2D eigenvalue weighted by atomic mass is 16.5. The van der Waals surface area contributed by atoms with Gasteiger partial charge in [-0.1, -0.05) is 6.92 Å².